The van der Waals surface area contributed by atoms with Crippen LogP contribution in [0.3, 0.4) is 0 Å². The van der Waals surface area contributed by atoms with Gasteiger partial charge in [-0.15, -0.1) is 0 Å². The molecule has 0 atom stereocenters. The molecule has 0 bridgehead atoms. The summed E-state index contributed by atoms with van der Waals surface area (Å²) in [4.78, 5) is 0. The molecule has 0 aliphatic rings. The molecule has 4 rings (SSSR count). The van der Waals surface area contributed by atoms with Crippen LogP contribution in [0.5, 0.6) is 11.5 Å². The second kappa shape index (κ2) is 8.11. The van der Waals surface area contributed by atoms with Gasteiger partial charge >= 0.3 is 0 Å². The van der Waals surface area contributed by atoms with Gasteiger partial charge in [0.05, 0.1) is 0 Å². The molecule has 27 heavy (non-hydrogen) atoms. The topological polar surface area (TPSA) is 33.3 Å². The van der Waals surface area contributed by atoms with Crippen LogP contribution in [0.2, 0.25) is 0 Å². The highest BCUT2D eigenvalue weighted by atomic mass is 16.5. The van der Waals surface area contributed by atoms with Gasteiger partial charge in [-0.2, -0.15) is 0 Å². The van der Waals surface area contributed by atoms with E-state index in [0.29, 0.717) is 0 Å². The van der Waals surface area contributed by atoms with Gasteiger partial charge in [0.15, 0.2) is 0 Å². The van der Waals surface area contributed by atoms with Crippen LogP contribution in [0, 0.1) is 0 Å². The average molecular weight is 352 g/mol. The fraction of sp³-hybridized carbons (Fsp3) is 0. The lowest BCUT2D eigenvalue weighted by Gasteiger charge is -2.14. The predicted octanol–water partition coefficient (Wildman–Crippen LogP) is 6.97. The van der Waals surface area contributed by atoms with Gasteiger partial charge in [-0.1, -0.05) is 54.6 Å². The summed E-state index contributed by atoms with van der Waals surface area (Å²) in [6.07, 6.45) is 0. The largest absolute Gasteiger partial charge is 0.457 e. The maximum absolute atomic E-state index is 6.06. The fourth-order valence-electron chi connectivity index (χ4n) is 2.80. The van der Waals surface area contributed by atoms with Crippen LogP contribution >= 0.6 is 0 Å². The smallest absolute Gasteiger partial charge is 0.131 e. The van der Waals surface area contributed by atoms with Crippen LogP contribution in [0.25, 0.3) is 0 Å². The molecule has 3 heteroatoms. The molecule has 0 amide bonds. The van der Waals surface area contributed by atoms with Crippen molar-refractivity contribution in [3.8, 4) is 11.5 Å². The first-order valence-electron chi connectivity index (χ1n) is 8.87. The summed E-state index contributed by atoms with van der Waals surface area (Å²) in [5, 5.41) is 6.87. The third kappa shape index (κ3) is 4.67. The fourth-order valence-corrected chi connectivity index (χ4v) is 2.80. The molecule has 3 nitrogen and oxygen atoms in total. The van der Waals surface area contributed by atoms with E-state index in [9.17, 15) is 0 Å². The van der Waals surface area contributed by atoms with Crippen molar-refractivity contribution < 1.29 is 4.74 Å². The monoisotopic (exact) mass is 352 g/mol. The van der Waals surface area contributed by atoms with Crippen molar-refractivity contribution in [2.45, 2.75) is 0 Å². The second-order valence-corrected chi connectivity index (χ2v) is 6.14. The molecular weight excluding hydrogens is 332 g/mol. The number of anilines is 4. The summed E-state index contributed by atoms with van der Waals surface area (Å²) in [5.41, 5.74) is 3.96. The Labute approximate surface area is 159 Å². The van der Waals surface area contributed by atoms with Gasteiger partial charge in [-0.3, -0.25) is 0 Å². The second-order valence-electron chi connectivity index (χ2n) is 6.14. The highest BCUT2D eigenvalue weighted by Gasteiger charge is 2.05. The first-order chi connectivity index (χ1) is 13.3. The molecule has 0 spiro atoms. The summed E-state index contributed by atoms with van der Waals surface area (Å²) >= 11 is 0. The summed E-state index contributed by atoms with van der Waals surface area (Å²) in [7, 11) is 0. The van der Waals surface area contributed by atoms with Crippen molar-refractivity contribution in [2.75, 3.05) is 10.6 Å². The Morgan fingerprint density at radius 1 is 0.407 bits per heavy atom. The zero-order chi connectivity index (χ0) is 18.3. The van der Waals surface area contributed by atoms with Crippen LogP contribution in [0.1, 0.15) is 0 Å². The Hall–Kier alpha value is -3.72. The van der Waals surface area contributed by atoms with Gasteiger partial charge in [0, 0.05) is 34.9 Å². The summed E-state index contributed by atoms with van der Waals surface area (Å²) < 4.78 is 6.06. The van der Waals surface area contributed by atoms with Gasteiger partial charge in [0.1, 0.15) is 11.5 Å². The van der Waals surface area contributed by atoms with Crippen LogP contribution in [-0.4, -0.2) is 0 Å². The molecule has 4 aromatic carbocycles. The molecular formula is C24H20N2O. The van der Waals surface area contributed by atoms with Gasteiger partial charge in [-0.25, -0.2) is 0 Å². The third-order valence-corrected chi connectivity index (χ3v) is 4.01. The van der Waals surface area contributed by atoms with Crippen molar-refractivity contribution >= 4 is 22.7 Å². The molecule has 2 N–H and O–H groups in total. The summed E-state index contributed by atoms with van der Waals surface area (Å²) in [6, 6.07) is 36.0. The first kappa shape index (κ1) is 16.7. The number of rotatable bonds is 6. The third-order valence-electron chi connectivity index (χ3n) is 4.01. The normalized spacial score (nSPS) is 10.2. The van der Waals surface area contributed by atoms with Gasteiger partial charge in [0.25, 0.3) is 0 Å². The van der Waals surface area contributed by atoms with E-state index >= 15 is 0 Å². The lowest BCUT2D eigenvalue weighted by Crippen LogP contribution is -1.95. The van der Waals surface area contributed by atoms with Crippen LogP contribution in [0.15, 0.2) is 109 Å². The minimum Gasteiger partial charge on any atom is -0.457 e. The Kier molecular flexibility index (Phi) is 5.02. The average Bonchev–Trinajstić information content (AvgIpc) is 2.70. The quantitative estimate of drug-likeness (QED) is 0.393. The van der Waals surface area contributed by atoms with Crippen molar-refractivity contribution in [1.29, 1.82) is 0 Å². The molecule has 0 saturated carbocycles. The number of hydrogen-bond acceptors (Lipinski definition) is 3. The van der Waals surface area contributed by atoms with Crippen molar-refractivity contribution in [1.82, 2.24) is 0 Å². The first-order valence-corrected chi connectivity index (χ1v) is 8.87. The van der Waals surface area contributed by atoms with E-state index in [0.717, 1.165) is 34.2 Å². The maximum Gasteiger partial charge on any atom is 0.131 e. The van der Waals surface area contributed by atoms with E-state index < -0.39 is 0 Å². The zero-order valence-electron chi connectivity index (χ0n) is 14.8. The number of para-hydroxylation sites is 3. The Morgan fingerprint density at radius 3 is 1.33 bits per heavy atom. The number of benzene rings is 4. The zero-order valence-corrected chi connectivity index (χ0v) is 14.8. The van der Waals surface area contributed by atoms with E-state index in [-0.39, 0.29) is 0 Å². The molecule has 0 aromatic heterocycles. The van der Waals surface area contributed by atoms with E-state index in [1.807, 2.05) is 103 Å². The molecule has 0 radical (unpaired) electrons. The molecule has 132 valence electrons. The maximum atomic E-state index is 6.06. The summed E-state index contributed by atoms with van der Waals surface area (Å²) in [5.74, 6) is 1.57. The molecule has 0 aliphatic carbocycles. The standard InChI is InChI=1S/C24H20N2O/c1-4-10-19(11-5-1)25-21-16-22(26-20-12-6-2-7-13-20)18-24(17-21)27-23-14-8-3-9-15-23/h1-18,25-26H. The molecule has 0 unspecified atom stereocenters. The highest BCUT2D eigenvalue weighted by molar-refractivity contribution is 5.71. The van der Waals surface area contributed by atoms with Crippen molar-refractivity contribution in [2.24, 2.45) is 0 Å². The molecule has 0 aliphatic heterocycles. The van der Waals surface area contributed by atoms with Gasteiger partial charge in [0.2, 0.25) is 0 Å². The minimum atomic E-state index is 0.764. The van der Waals surface area contributed by atoms with Crippen molar-refractivity contribution in [3.63, 3.8) is 0 Å². The SMILES string of the molecule is c1ccc(Nc2cc(Nc3ccccc3)cc(Oc3ccccc3)c2)cc1. The Bertz CT molecular complexity index is 842. The highest BCUT2D eigenvalue weighted by Crippen LogP contribution is 2.31. The minimum absolute atomic E-state index is 0.764. The molecule has 4 aromatic rings. The van der Waals surface area contributed by atoms with E-state index in [2.05, 4.69) is 16.7 Å². The lowest BCUT2D eigenvalue weighted by molar-refractivity contribution is 0.483. The number of hydrogen-bond donors (Lipinski definition) is 2. The van der Waals surface area contributed by atoms with Crippen LogP contribution in [-0.2, 0) is 0 Å². The molecule has 0 saturated heterocycles. The molecule has 0 heterocycles. The van der Waals surface area contributed by atoms with Crippen LogP contribution < -0.4 is 15.4 Å². The van der Waals surface area contributed by atoms with E-state index in [1.54, 1.807) is 0 Å². The van der Waals surface area contributed by atoms with E-state index in [1.165, 1.54) is 0 Å². The van der Waals surface area contributed by atoms with Crippen LogP contribution in [0.4, 0.5) is 22.7 Å². The lowest BCUT2D eigenvalue weighted by atomic mass is 10.2. The van der Waals surface area contributed by atoms with Gasteiger partial charge in [-0.05, 0) is 42.5 Å². The number of nitrogens with one attached hydrogen (secondary N) is 2. The van der Waals surface area contributed by atoms with E-state index in [4.69, 9.17) is 4.74 Å². The molecule has 0 fully saturated rings. The Morgan fingerprint density at radius 2 is 0.852 bits per heavy atom. The van der Waals surface area contributed by atoms with Crippen molar-refractivity contribution in [3.05, 3.63) is 109 Å². The summed E-state index contributed by atoms with van der Waals surface area (Å²) in [6.45, 7) is 0. The van der Waals surface area contributed by atoms with Gasteiger partial charge < -0.3 is 15.4 Å². The number of ether oxygens (including phenoxy) is 1. The Balaban J connectivity index is 1.64. The predicted molar refractivity (Wildman–Crippen MR) is 112 cm³/mol.